The van der Waals surface area contributed by atoms with Crippen molar-refractivity contribution in [1.82, 2.24) is 10.4 Å². The highest BCUT2D eigenvalue weighted by molar-refractivity contribution is 5.77. The van der Waals surface area contributed by atoms with E-state index in [1.165, 1.54) is 7.05 Å². The number of aliphatic hydroxyl groups excluding tert-OH is 2. The van der Waals surface area contributed by atoms with E-state index >= 15 is 0 Å². The van der Waals surface area contributed by atoms with E-state index in [0.717, 1.165) is 5.01 Å². The second-order valence-corrected chi connectivity index (χ2v) is 3.95. The van der Waals surface area contributed by atoms with Gasteiger partial charge in [0.1, 0.15) is 6.54 Å². The Morgan fingerprint density at radius 2 is 1.94 bits per heavy atom. The average molecular weight is 264 g/mol. The van der Waals surface area contributed by atoms with E-state index in [2.05, 4.69) is 5.43 Å². The van der Waals surface area contributed by atoms with Gasteiger partial charge >= 0.3 is 5.97 Å². The van der Waals surface area contributed by atoms with Crippen molar-refractivity contribution < 1.29 is 24.9 Å². The lowest BCUT2D eigenvalue weighted by molar-refractivity contribution is -0.139. The standard InChI is InChI=1S/C9H20N4O5/c1-13(4-8(16)17)12-7(15)2-5(11)9(18)6(14)3-10/h5-6,9,14,18H,2-4,10-11H2,1H3,(H,12,15)(H,16,17)/t5-,6-,9?/m0/s1. The molecule has 0 saturated heterocycles. The fraction of sp³-hybridized carbons (Fsp3) is 0.778. The molecule has 3 atom stereocenters. The summed E-state index contributed by atoms with van der Waals surface area (Å²) < 4.78 is 0. The molecule has 8 N–H and O–H groups in total. The van der Waals surface area contributed by atoms with E-state index in [9.17, 15) is 19.8 Å². The average Bonchev–Trinajstić information content (AvgIpc) is 2.25. The van der Waals surface area contributed by atoms with Crippen LogP contribution in [0.4, 0.5) is 0 Å². The van der Waals surface area contributed by atoms with Gasteiger partial charge in [0, 0.05) is 26.1 Å². The zero-order chi connectivity index (χ0) is 14.3. The van der Waals surface area contributed by atoms with E-state index in [-0.39, 0.29) is 19.5 Å². The molecule has 1 amide bonds. The van der Waals surface area contributed by atoms with Gasteiger partial charge in [-0.2, -0.15) is 0 Å². The van der Waals surface area contributed by atoms with Crippen LogP contribution < -0.4 is 16.9 Å². The van der Waals surface area contributed by atoms with Crippen LogP contribution in [-0.4, -0.2) is 70.6 Å². The Bertz CT molecular complexity index is 288. The minimum absolute atomic E-state index is 0.171. The molecule has 0 heterocycles. The topological polar surface area (TPSA) is 162 Å². The van der Waals surface area contributed by atoms with Crippen LogP contribution in [0.25, 0.3) is 0 Å². The second kappa shape index (κ2) is 7.95. The molecule has 0 spiro atoms. The zero-order valence-electron chi connectivity index (χ0n) is 10.1. The first-order valence-electron chi connectivity index (χ1n) is 5.32. The second-order valence-electron chi connectivity index (χ2n) is 3.95. The molecule has 0 aromatic rings. The number of nitrogens with two attached hydrogens (primary N) is 2. The van der Waals surface area contributed by atoms with Crippen LogP contribution in [0, 0.1) is 0 Å². The molecular formula is C9H20N4O5. The fourth-order valence-corrected chi connectivity index (χ4v) is 1.26. The van der Waals surface area contributed by atoms with Crippen LogP contribution in [0.1, 0.15) is 6.42 Å². The Kier molecular flexibility index (Phi) is 7.39. The Morgan fingerprint density at radius 1 is 1.39 bits per heavy atom. The molecular weight excluding hydrogens is 244 g/mol. The number of nitrogens with zero attached hydrogens (tertiary/aromatic N) is 1. The maximum atomic E-state index is 11.4. The van der Waals surface area contributed by atoms with Crippen molar-refractivity contribution in [3.8, 4) is 0 Å². The van der Waals surface area contributed by atoms with Gasteiger partial charge in [-0.3, -0.25) is 15.0 Å². The van der Waals surface area contributed by atoms with Crippen LogP contribution >= 0.6 is 0 Å². The van der Waals surface area contributed by atoms with Crippen LogP contribution in [0.15, 0.2) is 0 Å². The van der Waals surface area contributed by atoms with Crippen LogP contribution in [0.2, 0.25) is 0 Å². The Balaban J connectivity index is 4.11. The van der Waals surface area contributed by atoms with E-state index in [4.69, 9.17) is 16.6 Å². The maximum Gasteiger partial charge on any atom is 0.319 e. The van der Waals surface area contributed by atoms with Gasteiger partial charge in [-0.25, -0.2) is 5.01 Å². The molecule has 0 saturated carbocycles. The number of hydrogen-bond acceptors (Lipinski definition) is 7. The summed E-state index contributed by atoms with van der Waals surface area (Å²) in [5, 5.41) is 28.2. The molecule has 0 aliphatic heterocycles. The number of amides is 1. The summed E-state index contributed by atoms with van der Waals surface area (Å²) in [5.41, 5.74) is 12.9. The number of nitrogens with one attached hydrogen (secondary N) is 1. The lowest BCUT2D eigenvalue weighted by Crippen LogP contribution is -2.50. The first-order chi connectivity index (χ1) is 8.27. The van der Waals surface area contributed by atoms with Crippen molar-refractivity contribution in [3.63, 3.8) is 0 Å². The number of rotatable bonds is 8. The smallest absolute Gasteiger partial charge is 0.319 e. The number of carbonyl (C=O) groups is 2. The molecule has 1 unspecified atom stereocenters. The summed E-state index contributed by atoms with van der Waals surface area (Å²) in [6, 6.07) is -0.984. The summed E-state index contributed by atoms with van der Waals surface area (Å²) in [6.07, 6.45) is -2.78. The molecule has 0 aliphatic rings. The van der Waals surface area contributed by atoms with Crippen molar-refractivity contribution in [3.05, 3.63) is 0 Å². The fourth-order valence-electron chi connectivity index (χ4n) is 1.26. The molecule has 0 radical (unpaired) electrons. The van der Waals surface area contributed by atoms with Gasteiger partial charge in [0.25, 0.3) is 0 Å². The molecule has 18 heavy (non-hydrogen) atoms. The molecule has 0 bridgehead atoms. The molecule has 0 rings (SSSR count). The molecule has 0 aromatic heterocycles. The van der Waals surface area contributed by atoms with Crippen LogP contribution in [0.3, 0.4) is 0 Å². The van der Waals surface area contributed by atoms with Crippen LogP contribution in [-0.2, 0) is 9.59 Å². The Morgan fingerprint density at radius 3 is 2.39 bits per heavy atom. The highest BCUT2D eigenvalue weighted by atomic mass is 16.4. The summed E-state index contributed by atoms with van der Waals surface area (Å²) >= 11 is 0. The lowest BCUT2D eigenvalue weighted by atomic mass is 10.0. The number of aliphatic hydroxyl groups is 2. The third kappa shape index (κ3) is 6.47. The molecule has 9 nitrogen and oxygen atoms in total. The number of carboxylic acid groups (broad SMARTS) is 1. The van der Waals surface area contributed by atoms with Gasteiger partial charge < -0.3 is 26.8 Å². The van der Waals surface area contributed by atoms with Crippen molar-refractivity contribution >= 4 is 11.9 Å². The van der Waals surface area contributed by atoms with Gasteiger partial charge in [0.15, 0.2) is 0 Å². The Labute approximate surface area is 104 Å². The number of hydrogen-bond donors (Lipinski definition) is 6. The lowest BCUT2D eigenvalue weighted by Gasteiger charge is -2.23. The van der Waals surface area contributed by atoms with Crippen molar-refractivity contribution in [2.45, 2.75) is 24.7 Å². The first kappa shape index (κ1) is 16.7. The normalized spacial score (nSPS) is 16.1. The van der Waals surface area contributed by atoms with Crippen molar-refractivity contribution in [2.24, 2.45) is 11.5 Å². The minimum Gasteiger partial charge on any atom is -0.480 e. The number of carboxylic acids is 1. The maximum absolute atomic E-state index is 11.4. The van der Waals surface area contributed by atoms with E-state index < -0.39 is 30.1 Å². The summed E-state index contributed by atoms with van der Waals surface area (Å²) in [4.78, 5) is 21.8. The monoisotopic (exact) mass is 264 g/mol. The zero-order valence-corrected chi connectivity index (χ0v) is 10.1. The predicted octanol–water partition coefficient (Wildman–Crippen LogP) is -3.57. The van der Waals surface area contributed by atoms with Gasteiger partial charge in [-0.05, 0) is 0 Å². The van der Waals surface area contributed by atoms with E-state index in [1.54, 1.807) is 0 Å². The number of aliphatic carboxylic acids is 1. The third-order valence-corrected chi connectivity index (χ3v) is 2.18. The van der Waals surface area contributed by atoms with Gasteiger partial charge in [0.05, 0.1) is 12.2 Å². The molecule has 9 heteroatoms. The van der Waals surface area contributed by atoms with Gasteiger partial charge in [-0.15, -0.1) is 0 Å². The van der Waals surface area contributed by atoms with Crippen LogP contribution in [0.5, 0.6) is 0 Å². The molecule has 0 fully saturated rings. The van der Waals surface area contributed by atoms with Crippen molar-refractivity contribution in [1.29, 1.82) is 0 Å². The number of likely N-dealkylation sites (N-methyl/N-ethyl adjacent to an activating group) is 1. The SMILES string of the molecule is CN(CC(=O)O)NC(=O)C[C@H](N)C(O)[C@@H](O)CN. The third-order valence-electron chi connectivity index (χ3n) is 2.18. The summed E-state index contributed by atoms with van der Waals surface area (Å²) in [5.74, 6) is -1.66. The number of hydrazine groups is 1. The molecule has 0 aliphatic carbocycles. The highest BCUT2D eigenvalue weighted by Gasteiger charge is 2.24. The summed E-state index contributed by atoms with van der Waals surface area (Å²) in [6.45, 7) is -0.537. The first-order valence-corrected chi connectivity index (χ1v) is 5.32. The minimum atomic E-state index is -1.31. The summed E-state index contributed by atoms with van der Waals surface area (Å²) in [7, 11) is 1.38. The van der Waals surface area contributed by atoms with Crippen molar-refractivity contribution in [2.75, 3.05) is 20.1 Å². The largest absolute Gasteiger partial charge is 0.480 e. The Hall–Kier alpha value is -1.26. The van der Waals surface area contributed by atoms with E-state index in [0.29, 0.717) is 0 Å². The quantitative estimate of drug-likeness (QED) is 0.245. The highest BCUT2D eigenvalue weighted by Crippen LogP contribution is 2.01. The molecule has 0 aromatic carbocycles. The van der Waals surface area contributed by atoms with E-state index in [1.807, 2.05) is 0 Å². The molecule has 106 valence electrons. The predicted molar refractivity (Wildman–Crippen MR) is 62.1 cm³/mol. The van der Waals surface area contributed by atoms with Gasteiger partial charge in [0.2, 0.25) is 5.91 Å². The van der Waals surface area contributed by atoms with Gasteiger partial charge in [-0.1, -0.05) is 0 Å². The number of carbonyl (C=O) groups excluding carboxylic acids is 1.